The zero-order valence-electron chi connectivity index (χ0n) is 42.2. The average Bonchev–Trinajstić information content (AvgIpc) is 4.08. The molecule has 4 aliphatic rings. The number of para-hydroxylation sites is 6. The first-order chi connectivity index (χ1) is 38.7. The van der Waals surface area contributed by atoms with E-state index in [4.69, 9.17) is 13.9 Å². The van der Waals surface area contributed by atoms with E-state index in [0.29, 0.717) is 0 Å². The van der Waals surface area contributed by atoms with Crippen molar-refractivity contribution in [2.45, 2.75) is 10.8 Å². The smallest absolute Gasteiger partial charge is 0.136 e. The first kappa shape index (κ1) is 43.1. The lowest BCUT2D eigenvalue weighted by molar-refractivity contribution is 0.436. The summed E-state index contributed by atoms with van der Waals surface area (Å²) in [7, 11) is 0. The number of benzene rings is 12. The number of nitrogens with zero attached hydrogens (tertiary/aromatic N) is 1. The fourth-order valence-corrected chi connectivity index (χ4v) is 14.1. The van der Waals surface area contributed by atoms with Crippen LogP contribution >= 0.6 is 0 Å². The summed E-state index contributed by atoms with van der Waals surface area (Å²) >= 11 is 0. The second-order valence-corrected chi connectivity index (χ2v) is 20.9. The van der Waals surface area contributed by atoms with Crippen molar-refractivity contribution in [3.8, 4) is 67.5 Å². The van der Waals surface area contributed by atoms with Crippen LogP contribution in [0.1, 0.15) is 44.5 Å². The predicted octanol–water partition coefficient (Wildman–Crippen LogP) is 19.3. The second-order valence-electron chi connectivity index (χ2n) is 20.9. The summed E-state index contributed by atoms with van der Waals surface area (Å²) in [6.45, 7) is 0. The third-order valence-corrected chi connectivity index (χ3v) is 17.2. The summed E-state index contributed by atoms with van der Waals surface area (Å²) < 4.78 is 19.8. The minimum atomic E-state index is -0.636. The molecule has 0 radical (unpaired) electrons. The van der Waals surface area contributed by atoms with Crippen LogP contribution in [0.25, 0.3) is 66.4 Å². The third kappa shape index (κ3) is 5.73. The van der Waals surface area contributed by atoms with Crippen LogP contribution in [0, 0.1) is 0 Å². The molecule has 2 aliphatic heterocycles. The van der Waals surface area contributed by atoms with Gasteiger partial charge in [0.2, 0.25) is 0 Å². The molecular formula is C74H45NO3. The molecule has 0 N–H and O–H groups in total. The lowest BCUT2D eigenvalue weighted by atomic mass is 9.66. The van der Waals surface area contributed by atoms with Gasteiger partial charge in [0.15, 0.2) is 0 Å². The van der Waals surface area contributed by atoms with E-state index < -0.39 is 10.8 Å². The molecule has 1 aromatic heterocycles. The number of hydrogen-bond donors (Lipinski definition) is 0. The molecule has 0 amide bonds. The molecule has 0 unspecified atom stereocenters. The molecule has 13 aromatic rings. The fourth-order valence-electron chi connectivity index (χ4n) is 14.1. The van der Waals surface area contributed by atoms with Crippen molar-refractivity contribution in [1.82, 2.24) is 0 Å². The molecule has 0 saturated heterocycles. The largest absolute Gasteiger partial charge is 0.457 e. The summed E-state index contributed by atoms with van der Waals surface area (Å²) in [6.07, 6.45) is 0. The molecule has 0 atom stereocenters. The van der Waals surface area contributed by atoms with Crippen molar-refractivity contribution in [1.29, 1.82) is 0 Å². The molecule has 4 heteroatoms. The Morgan fingerprint density at radius 3 is 1.40 bits per heavy atom. The Balaban J connectivity index is 0.894. The van der Waals surface area contributed by atoms with Gasteiger partial charge in [0.25, 0.3) is 0 Å². The van der Waals surface area contributed by atoms with Gasteiger partial charge >= 0.3 is 0 Å². The molecule has 0 saturated carbocycles. The van der Waals surface area contributed by atoms with Crippen molar-refractivity contribution in [2.24, 2.45) is 0 Å². The zero-order valence-corrected chi connectivity index (χ0v) is 42.2. The van der Waals surface area contributed by atoms with Crippen LogP contribution in [0.15, 0.2) is 277 Å². The Morgan fingerprint density at radius 1 is 0.269 bits per heavy atom. The maximum absolute atomic E-state index is 6.76. The maximum atomic E-state index is 6.76. The molecule has 12 aromatic carbocycles. The Morgan fingerprint density at radius 2 is 0.731 bits per heavy atom. The van der Waals surface area contributed by atoms with E-state index in [-0.39, 0.29) is 0 Å². The second kappa shape index (κ2) is 16.2. The Hall–Kier alpha value is -10.2. The van der Waals surface area contributed by atoms with Gasteiger partial charge in [-0.15, -0.1) is 0 Å². The fraction of sp³-hybridized carbons (Fsp3) is 0.0270. The van der Waals surface area contributed by atoms with Gasteiger partial charge in [-0.3, -0.25) is 0 Å². The number of ether oxygens (including phenoxy) is 2. The summed E-state index contributed by atoms with van der Waals surface area (Å²) in [5.41, 5.74) is 22.6. The van der Waals surface area contributed by atoms with E-state index in [1.54, 1.807) is 0 Å². The molecule has 4 nitrogen and oxygen atoms in total. The molecule has 78 heavy (non-hydrogen) atoms. The molecule has 2 aliphatic carbocycles. The highest BCUT2D eigenvalue weighted by Crippen LogP contribution is 2.66. The number of fused-ring (bicyclic) bond motifs is 21. The van der Waals surface area contributed by atoms with E-state index in [1.165, 1.54) is 44.5 Å². The van der Waals surface area contributed by atoms with Gasteiger partial charge < -0.3 is 18.8 Å². The van der Waals surface area contributed by atoms with Gasteiger partial charge in [-0.05, 0) is 128 Å². The minimum Gasteiger partial charge on any atom is -0.457 e. The number of furan rings is 1. The summed E-state index contributed by atoms with van der Waals surface area (Å²) in [4.78, 5) is 2.50. The number of anilines is 3. The van der Waals surface area contributed by atoms with Gasteiger partial charge in [0.1, 0.15) is 34.2 Å². The van der Waals surface area contributed by atoms with Gasteiger partial charge in [0.05, 0.1) is 22.2 Å². The van der Waals surface area contributed by atoms with E-state index in [0.717, 1.165) is 107 Å². The average molecular weight is 996 g/mol. The highest BCUT2D eigenvalue weighted by molar-refractivity contribution is 6.06. The monoisotopic (exact) mass is 995 g/mol. The number of rotatable bonds is 5. The molecule has 0 bridgehead atoms. The first-order valence-electron chi connectivity index (χ1n) is 26.8. The van der Waals surface area contributed by atoms with E-state index in [9.17, 15) is 0 Å². The molecule has 3 heterocycles. The van der Waals surface area contributed by atoms with E-state index >= 15 is 0 Å². The van der Waals surface area contributed by atoms with Crippen molar-refractivity contribution >= 4 is 39.0 Å². The normalized spacial score (nSPS) is 14.1. The van der Waals surface area contributed by atoms with Crippen molar-refractivity contribution in [3.05, 3.63) is 317 Å². The molecule has 2 spiro atoms. The van der Waals surface area contributed by atoms with Crippen molar-refractivity contribution < 1.29 is 13.9 Å². The van der Waals surface area contributed by atoms with E-state index in [1.807, 2.05) is 12.1 Å². The Labute approximate surface area is 451 Å². The van der Waals surface area contributed by atoms with Crippen molar-refractivity contribution in [3.63, 3.8) is 0 Å². The topological polar surface area (TPSA) is 34.8 Å². The Kier molecular flexibility index (Phi) is 8.94. The third-order valence-electron chi connectivity index (χ3n) is 17.2. The number of hydrogen-bond acceptors (Lipinski definition) is 4. The van der Waals surface area contributed by atoms with Crippen LogP contribution in [0.4, 0.5) is 17.1 Å². The quantitative estimate of drug-likeness (QED) is 0.172. The van der Waals surface area contributed by atoms with Crippen LogP contribution in [0.5, 0.6) is 23.0 Å². The van der Waals surface area contributed by atoms with Gasteiger partial charge in [-0.1, -0.05) is 200 Å². The molecule has 0 fully saturated rings. The molecule has 364 valence electrons. The van der Waals surface area contributed by atoms with E-state index in [2.05, 4.69) is 266 Å². The minimum absolute atomic E-state index is 0.562. The van der Waals surface area contributed by atoms with Gasteiger partial charge in [0, 0.05) is 49.8 Å². The van der Waals surface area contributed by atoms with Gasteiger partial charge in [-0.25, -0.2) is 0 Å². The maximum Gasteiger partial charge on any atom is 0.136 e. The van der Waals surface area contributed by atoms with Crippen LogP contribution in [-0.2, 0) is 10.8 Å². The predicted molar refractivity (Wildman–Crippen MR) is 314 cm³/mol. The highest BCUT2D eigenvalue weighted by Gasteiger charge is 2.53. The summed E-state index contributed by atoms with van der Waals surface area (Å²) in [5, 5.41) is 2.24. The lowest BCUT2D eigenvalue weighted by Crippen LogP contribution is -2.32. The summed E-state index contributed by atoms with van der Waals surface area (Å²) in [6, 6.07) is 99.3. The van der Waals surface area contributed by atoms with Crippen LogP contribution < -0.4 is 14.4 Å². The summed E-state index contributed by atoms with van der Waals surface area (Å²) in [5.74, 6) is 3.51. The zero-order chi connectivity index (χ0) is 51.1. The highest BCUT2D eigenvalue weighted by atomic mass is 16.5. The SMILES string of the molecule is c1ccc2c(c1)Oc1ccccc1C21c2ccccc2-c2cc(-c3ccccc3N(c3ccc(-c4ccc5c(c4)oc4ccccc45)cc3)c3cccc4c3-c3ccccc3C43c4ccccc4Oc4ccccc43)ccc21. The van der Waals surface area contributed by atoms with Crippen molar-refractivity contribution in [2.75, 3.05) is 4.90 Å². The van der Waals surface area contributed by atoms with Crippen LogP contribution in [0.2, 0.25) is 0 Å². The molecular weight excluding hydrogens is 951 g/mol. The Bertz CT molecular complexity index is 4570. The lowest BCUT2D eigenvalue weighted by Gasteiger charge is -2.39. The standard InChI is InChI=1S/C74H45NO3/c1-5-22-56-51(19-1)55-44-48(39-43-58(55)73(56)59-24-7-13-32-67(59)77-68-33-14-8-25-60(68)73)50-18-3-11-29-64(50)75(49-40-36-46(37-41-49)47-38-42-53-52-20-4-12-31-66(52)76-71(53)45-47)65-30-17-28-63-72(65)54-21-2-6-23-57(54)74(63)61-26-9-15-34-69(61)78-70-35-16-10-27-62(70)74/h1-45H. The van der Waals surface area contributed by atoms with Crippen LogP contribution in [0.3, 0.4) is 0 Å². The van der Waals surface area contributed by atoms with Gasteiger partial charge in [-0.2, -0.15) is 0 Å². The van der Waals surface area contributed by atoms with Crippen LogP contribution in [-0.4, -0.2) is 0 Å². The molecule has 17 rings (SSSR count). The first-order valence-corrected chi connectivity index (χ1v) is 26.8.